The normalized spacial score (nSPS) is 15.7. The summed E-state index contributed by atoms with van der Waals surface area (Å²) >= 11 is 7.89. The molecule has 1 fully saturated rings. The van der Waals surface area contributed by atoms with Crippen LogP contribution in [0.3, 0.4) is 0 Å². The molecule has 0 amide bonds. The number of halogens is 1. The van der Waals surface area contributed by atoms with E-state index in [4.69, 9.17) is 30.8 Å². The predicted octanol–water partition coefficient (Wildman–Crippen LogP) is 4.41. The minimum absolute atomic E-state index is 0.111. The third-order valence-corrected chi connectivity index (χ3v) is 6.99. The summed E-state index contributed by atoms with van der Waals surface area (Å²) in [6, 6.07) is 7.65. The lowest BCUT2D eigenvalue weighted by molar-refractivity contribution is -0.115. The van der Waals surface area contributed by atoms with Crippen LogP contribution < -0.4 is 20.3 Å². The van der Waals surface area contributed by atoms with E-state index in [0.717, 1.165) is 40.9 Å². The Morgan fingerprint density at radius 2 is 1.94 bits per heavy atom. The van der Waals surface area contributed by atoms with E-state index in [1.54, 1.807) is 51.1 Å². The molecular formula is C23H29ClN6O3S. The number of hydrogen-bond acceptors (Lipinski definition) is 10. The van der Waals surface area contributed by atoms with Crippen LogP contribution in [-0.2, 0) is 22.6 Å². The first-order valence-corrected chi connectivity index (χ1v) is 12.2. The molecule has 2 aromatic heterocycles. The standard InChI is InChI=1S/C23H29ClN6O3S/c1-31-18-8-7-15(12-16(18)24)13-27-20-21(28-14-19-25-9-5-10-26-19)34-23(29-20)30-11-4-6-17(30)22(32-2)33-3/h5,7-10,12,17,22,27-28H,4,6,11,13-14H2,1-3H3. The van der Waals surface area contributed by atoms with Crippen molar-refractivity contribution in [1.82, 2.24) is 15.0 Å². The van der Waals surface area contributed by atoms with Gasteiger partial charge in [-0.05, 0) is 36.6 Å². The number of thiazole rings is 1. The maximum atomic E-state index is 6.30. The van der Waals surface area contributed by atoms with Crippen molar-refractivity contribution >= 4 is 38.9 Å². The van der Waals surface area contributed by atoms with E-state index >= 15 is 0 Å². The number of nitrogens with one attached hydrogen (secondary N) is 2. The van der Waals surface area contributed by atoms with E-state index in [0.29, 0.717) is 29.7 Å². The number of rotatable bonds is 11. The van der Waals surface area contributed by atoms with E-state index in [9.17, 15) is 0 Å². The van der Waals surface area contributed by atoms with Gasteiger partial charge in [0, 0.05) is 39.7 Å². The first kappa shape index (κ1) is 24.5. The molecule has 0 radical (unpaired) electrons. The zero-order valence-corrected chi connectivity index (χ0v) is 21.0. The molecule has 3 heterocycles. The summed E-state index contributed by atoms with van der Waals surface area (Å²) in [7, 11) is 4.95. The number of nitrogens with zero attached hydrogens (tertiary/aromatic N) is 4. The average molecular weight is 505 g/mol. The van der Waals surface area contributed by atoms with Crippen molar-refractivity contribution in [3.05, 3.63) is 53.1 Å². The minimum atomic E-state index is -0.307. The molecule has 1 aliphatic rings. The summed E-state index contributed by atoms with van der Waals surface area (Å²) in [5, 5.41) is 9.30. The third-order valence-electron chi connectivity index (χ3n) is 5.64. The molecule has 1 aliphatic heterocycles. The van der Waals surface area contributed by atoms with E-state index in [2.05, 4.69) is 25.5 Å². The average Bonchev–Trinajstić information content (AvgIpc) is 3.50. The molecule has 1 saturated heterocycles. The van der Waals surface area contributed by atoms with Gasteiger partial charge in [-0.3, -0.25) is 0 Å². The van der Waals surface area contributed by atoms with Gasteiger partial charge < -0.3 is 29.7 Å². The molecule has 0 aliphatic carbocycles. The van der Waals surface area contributed by atoms with Gasteiger partial charge in [0.25, 0.3) is 0 Å². The second-order valence-electron chi connectivity index (χ2n) is 7.76. The van der Waals surface area contributed by atoms with Gasteiger partial charge in [0.05, 0.1) is 24.7 Å². The molecule has 0 spiro atoms. The molecule has 0 saturated carbocycles. The van der Waals surface area contributed by atoms with Gasteiger partial charge in [-0.25, -0.2) is 15.0 Å². The maximum Gasteiger partial charge on any atom is 0.189 e. The van der Waals surface area contributed by atoms with E-state index in [-0.39, 0.29) is 12.3 Å². The van der Waals surface area contributed by atoms with Crippen LogP contribution >= 0.6 is 22.9 Å². The summed E-state index contributed by atoms with van der Waals surface area (Å²) in [4.78, 5) is 15.8. The lowest BCUT2D eigenvalue weighted by Gasteiger charge is -2.29. The molecule has 9 nitrogen and oxygen atoms in total. The van der Waals surface area contributed by atoms with Gasteiger partial charge >= 0.3 is 0 Å². The Kier molecular flexibility index (Phi) is 8.39. The lowest BCUT2D eigenvalue weighted by atomic mass is 10.2. The fraction of sp³-hybridized carbons (Fsp3) is 0.435. The summed E-state index contributed by atoms with van der Waals surface area (Å²) in [5.74, 6) is 2.13. The second-order valence-corrected chi connectivity index (χ2v) is 9.14. The van der Waals surface area contributed by atoms with Crippen LogP contribution in [0.2, 0.25) is 5.02 Å². The van der Waals surface area contributed by atoms with E-state index in [1.807, 2.05) is 18.2 Å². The van der Waals surface area contributed by atoms with Gasteiger partial charge in [-0.15, -0.1) is 0 Å². The molecular weight excluding hydrogens is 476 g/mol. The molecule has 1 unspecified atom stereocenters. The van der Waals surface area contributed by atoms with Crippen LogP contribution in [0.4, 0.5) is 16.0 Å². The Morgan fingerprint density at radius 3 is 2.65 bits per heavy atom. The summed E-state index contributed by atoms with van der Waals surface area (Å²) in [6.07, 6.45) is 5.21. The van der Waals surface area contributed by atoms with Crippen molar-refractivity contribution in [2.75, 3.05) is 43.4 Å². The number of aromatic nitrogens is 3. The van der Waals surface area contributed by atoms with Crippen molar-refractivity contribution in [2.24, 2.45) is 0 Å². The first-order valence-electron chi connectivity index (χ1n) is 11.0. The van der Waals surface area contributed by atoms with Gasteiger partial charge in [0.15, 0.2) is 17.2 Å². The molecule has 1 aromatic carbocycles. The Morgan fingerprint density at radius 1 is 1.15 bits per heavy atom. The SMILES string of the molecule is COc1ccc(CNc2nc(N3CCCC3C(OC)OC)sc2NCc2ncccn2)cc1Cl. The molecule has 4 rings (SSSR count). The van der Waals surface area contributed by atoms with E-state index in [1.165, 1.54) is 0 Å². The van der Waals surface area contributed by atoms with E-state index < -0.39 is 0 Å². The molecule has 2 N–H and O–H groups in total. The molecule has 182 valence electrons. The minimum Gasteiger partial charge on any atom is -0.495 e. The number of hydrogen-bond donors (Lipinski definition) is 2. The molecule has 3 aromatic rings. The number of anilines is 3. The predicted molar refractivity (Wildman–Crippen MR) is 135 cm³/mol. The van der Waals surface area contributed by atoms with Crippen LogP contribution in [0.25, 0.3) is 0 Å². The van der Waals surface area contributed by atoms with Crippen LogP contribution in [-0.4, -0.2) is 55.2 Å². The topological polar surface area (TPSA) is 93.7 Å². The third kappa shape index (κ3) is 5.69. The van der Waals surface area contributed by atoms with Crippen molar-refractivity contribution in [1.29, 1.82) is 0 Å². The Balaban J connectivity index is 1.55. The van der Waals surface area contributed by atoms with Crippen LogP contribution in [0.15, 0.2) is 36.7 Å². The van der Waals surface area contributed by atoms with Gasteiger partial charge in [0.2, 0.25) is 0 Å². The fourth-order valence-electron chi connectivity index (χ4n) is 3.98. The van der Waals surface area contributed by atoms with Crippen LogP contribution in [0.1, 0.15) is 24.2 Å². The van der Waals surface area contributed by atoms with Crippen molar-refractivity contribution in [3.8, 4) is 5.75 Å². The zero-order chi connectivity index (χ0) is 23.9. The smallest absolute Gasteiger partial charge is 0.189 e. The highest BCUT2D eigenvalue weighted by molar-refractivity contribution is 7.20. The van der Waals surface area contributed by atoms with Crippen molar-refractivity contribution < 1.29 is 14.2 Å². The fourth-order valence-corrected chi connectivity index (χ4v) is 5.28. The molecule has 11 heteroatoms. The Hall–Kier alpha value is -2.66. The lowest BCUT2D eigenvalue weighted by Crippen LogP contribution is -2.41. The van der Waals surface area contributed by atoms with Crippen molar-refractivity contribution in [2.45, 2.75) is 38.3 Å². The monoisotopic (exact) mass is 504 g/mol. The first-order chi connectivity index (χ1) is 16.6. The van der Waals surface area contributed by atoms with Gasteiger partial charge in [0.1, 0.15) is 16.6 Å². The van der Waals surface area contributed by atoms with Crippen LogP contribution in [0.5, 0.6) is 5.75 Å². The van der Waals surface area contributed by atoms with Crippen molar-refractivity contribution in [3.63, 3.8) is 0 Å². The zero-order valence-electron chi connectivity index (χ0n) is 19.5. The maximum absolute atomic E-state index is 6.30. The van der Waals surface area contributed by atoms with Crippen LogP contribution in [0, 0.1) is 0 Å². The number of benzene rings is 1. The van der Waals surface area contributed by atoms with Gasteiger partial charge in [-0.2, -0.15) is 0 Å². The summed E-state index contributed by atoms with van der Waals surface area (Å²) in [5.41, 5.74) is 1.02. The molecule has 34 heavy (non-hydrogen) atoms. The highest BCUT2D eigenvalue weighted by Crippen LogP contribution is 2.39. The second kappa shape index (κ2) is 11.7. The summed E-state index contributed by atoms with van der Waals surface area (Å²) in [6.45, 7) is 1.95. The Bertz CT molecular complexity index is 1070. The number of methoxy groups -OCH3 is 3. The summed E-state index contributed by atoms with van der Waals surface area (Å²) < 4.78 is 16.4. The molecule has 0 bridgehead atoms. The molecule has 1 atom stereocenters. The quantitative estimate of drug-likeness (QED) is 0.368. The number of ether oxygens (including phenoxy) is 3. The highest BCUT2D eigenvalue weighted by Gasteiger charge is 2.34. The Labute approximate surface area is 208 Å². The van der Waals surface area contributed by atoms with Gasteiger partial charge in [-0.1, -0.05) is 29.0 Å². The highest BCUT2D eigenvalue weighted by atomic mass is 35.5. The largest absolute Gasteiger partial charge is 0.495 e.